The predicted molar refractivity (Wildman–Crippen MR) is 82.5 cm³/mol. The Labute approximate surface area is 133 Å². The van der Waals surface area contributed by atoms with Crippen molar-refractivity contribution < 1.29 is 9.21 Å². The second-order valence-corrected chi connectivity index (χ2v) is 5.62. The highest BCUT2D eigenvalue weighted by Gasteiger charge is 2.34. The molecule has 1 atom stereocenters. The van der Waals surface area contributed by atoms with Crippen molar-refractivity contribution in [1.29, 1.82) is 0 Å². The lowest BCUT2D eigenvalue weighted by Gasteiger charge is -2.36. The fourth-order valence-corrected chi connectivity index (χ4v) is 3.02. The van der Waals surface area contributed by atoms with Crippen molar-refractivity contribution in [2.75, 3.05) is 0 Å². The second kappa shape index (κ2) is 5.39. The molecule has 0 aliphatic carbocycles. The van der Waals surface area contributed by atoms with E-state index in [1.807, 2.05) is 41.4 Å². The summed E-state index contributed by atoms with van der Waals surface area (Å²) in [6, 6.07) is 9.97. The van der Waals surface area contributed by atoms with Gasteiger partial charge in [0.05, 0.1) is 18.3 Å². The third kappa shape index (κ3) is 2.32. The summed E-state index contributed by atoms with van der Waals surface area (Å²) in [6.45, 7) is 2.91. The number of aryl methyl sites for hydroxylation is 1. The molecule has 4 rings (SSSR count). The van der Waals surface area contributed by atoms with E-state index < -0.39 is 0 Å². The van der Waals surface area contributed by atoms with E-state index >= 15 is 0 Å². The maximum Gasteiger partial charge on any atom is 0.292 e. The molecule has 0 bridgehead atoms. The Morgan fingerprint density at radius 2 is 2.09 bits per heavy atom. The van der Waals surface area contributed by atoms with Gasteiger partial charge in [-0.2, -0.15) is 0 Å². The van der Waals surface area contributed by atoms with Crippen LogP contribution in [0, 0.1) is 6.92 Å². The molecule has 3 aromatic rings. The molecule has 1 aliphatic rings. The summed E-state index contributed by atoms with van der Waals surface area (Å²) >= 11 is 0. The number of nitrogens with zero attached hydrogens (tertiary/aromatic N) is 4. The molecule has 0 saturated heterocycles. The largest absolute Gasteiger partial charge is 0.438 e. The van der Waals surface area contributed by atoms with E-state index in [0.717, 1.165) is 11.4 Å². The number of carbonyl (C=O) groups is 1. The van der Waals surface area contributed by atoms with E-state index in [2.05, 4.69) is 14.5 Å². The summed E-state index contributed by atoms with van der Waals surface area (Å²) in [7, 11) is 0. The van der Waals surface area contributed by atoms with Crippen LogP contribution in [-0.2, 0) is 13.1 Å². The molecule has 0 N–H and O–H groups in total. The van der Waals surface area contributed by atoms with E-state index in [1.165, 1.54) is 6.39 Å². The Kier molecular flexibility index (Phi) is 3.22. The van der Waals surface area contributed by atoms with Gasteiger partial charge in [-0.05, 0) is 12.5 Å². The minimum Gasteiger partial charge on any atom is -0.438 e. The van der Waals surface area contributed by atoms with Gasteiger partial charge in [0, 0.05) is 18.9 Å². The van der Waals surface area contributed by atoms with E-state index in [9.17, 15) is 4.79 Å². The molecule has 3 heterocycles. The number of hydrogen-bond donors (Lipinski definition) is 0. The SMILES string of the molecule is Cc1ncoc1C(=O)N1Cc2nccn2C[C@@H]1c1ccccc1. The number of aromatic nitrogens is 3. The fraction of sp³-hybridized carbons (Fsp3) is 0.235. The normalized spacial score (nSPS) is 17.1. The smallest absolute Gasteiger partial charge is 0.292 e. The number of amides is 1. The Balaban J connectivity index is 1.75. The van der Waals surface area contributed by atoms with Gasteiger partial charge in [0.25, 0.3) is 5.91 Å². The maximum atomic E-state index is 13.0. The first-order valence-corrected chi connectivity index (χ1v) is 7.50. The molecule has 0 spiro atoms. The summed E-state index contributed by atoms with van der Waals surface area (Å²) in [5, 5.41) is 0. The number of rotatable bonds is 2. The van der Waals surface area contributed by atoms with Gasteiger partial charge in [-0.3, -0.25) is 4.79 Å². The van der Waals surface area contributed by atoms with Gasteiger partial charge in [0.15, 0.2) is 6.39 Å². The molecule has 1 aliphatic heterocycles. The van der Waals surface area contributed by atoms with Crippen LogP contribution in [0.3, 0.4) is 0 Å². The first-order valence-electron chi connectivity index (χ1n) is 7.50. The van der Waals surface area contributed by atoms with Gasteiger partial charge in [0.2, 0.25) is 5.76 Å². The molecule has 0 fully saturated rings. The Bertz CT molecular complexity index is 837. The van der Waals surface area contributed by atoms with Crippen molar-refractivity contribution in [3.05, 3.63) is 72.0 Å². The molecule has 0 unspecified atom stereocenters. The first-order chi connectivity index (χ1) is 11.2. The zero-order valence-corrected chi connectivity index (χ0v) is 12.7. The van der Waals surface area contributed by atoms with Crippen LogP contribution in [0.2, 0.25) is 0 Å². The third-order valence-electron chi connectivity index (χ3n) is 4.24. The highest BCUT2D eigenvalue weighted by molar-refractivity contribution is 5.92. The van der Waals surface area contributed by atoms with E-state index in [-0.39, 0.29) is 11.9 Å². The number of carbonyl (C=O) groups excluding carboxylic acids is 1. The van der Waals surface area contributed by atoms with Gasteiger partial charge < -0.3 is 13.9 Å². The highest BCUT2D eigenvalue weighted by atomic mass is 16.3. The number of imidazole rings is 1. The third-order valence-corrected chi connectivity index (χ3v) is 4.24. The molecular formula is C17H16N4O2. The molecule has 6 heteroatoms. The van der Waals surface area contributed by atoms with E-state index in [0.29, 0.717) is 24.5 Å². The van der Waals surface area contributed by atoms with Crippen molar-refractivity contribution in [2.45, 2.75) is 26.1 Å². The summed E-state index contributed by atoms with van der Waals surface area (Å²) in [4.78, 5) is 23.1. The molecule has 23 heavy (non-hydrogen) atoms. The highest BCUT2D eigenvalue weighted by Crippen LogP contribution is 2.30. The van der Waals surface area contributed by atoms with Crippen LogP contribution in [0.25, 0.3) is 0 Å². The summed E-state index contributed by atoms with van der Waals surface area (Å²) in [5.74, 6) is 1.02. The molecular weight excluding hydrogens is 292 g/mol. The topological polar surface area (TPSA) is 64.2 Å². The molecule has 1 amide bonds. The number of benzene rings is 1. The standard InChI is InChI=1S/C17H16N4O2/c1-12-16(23-11-19-12)17(22)21-10-15-18-7-8-20(15)9-14(21)13-5-3-2-4-6-13/h2-8,11,14H,9-10H2,1H3/t14-/m1/s1. The quantitative estimate of drug-likeness (QED) is 0.730. The van der Waals surface area contributed by atoms with Crippen molar-refractivity contribution in [2.24, 2.45) is 0 Å². The van der Waals surface area contributed by atoms with Gasteiger partial charge in [0.1, 0.15) is 5.82 Å². The van der Waals surface area contributed by atoms with Crippen LogP contribution >= 0.6 is 0 Å². The van der Waals surface area contributed by atoms with Crippen molar-refractivity contribution in [3.8, 4) is 0 Å². The lowest BCUT2D eigenvalue weighted by Crippen LogP contribution is -2.41. The minimum atomic E-state index is -0.150. The maximum absolute atomic E-state index is 13.0. The zero-order chi connectivity index (χ0) is 15.8. The molecule has 116 valence electrons. The van der Waals surface area contributed by atoms with Gasteiger partial charge in [-0.15, -0.1) is 0 Å². The summed E-state index contributed by atoms with van der Waals surface area (Å²) in [6.07, 6.45) is 5.03. The van der Waals surface area contributed by atoms with Crippen LogP contribution in [-0.4, -0.2) is 25.3 Å². The lowest BCUT2D eigenvalue weighted by atomic mass is 10.0. The van der Waals surface area contributed by atoms with Crippen LogP contribution in [0.15, 0.2) is 53.5 Å². The fourth-order valence-electron chi connectivity index (χ4n) is 3.02. The molecule has 1 aromatic carbocycles. The van der Waals surface area contributed by atoms with Crippen LogP contribution < -0.4 is 0 Å². The monoisotopic (exact) mass is 308 g/mol. The van der Waals surface area contributed by atoms with Gasteiger partial charge in [-0.1, -0.05) is 30.3 Å². The van der Waals surface area contributed by atoms with E-state index in [1.54, 1.807) is 13.1 Å². The second-order valence-electron chi connectivity index (χ2n) is 5.62. The van der Waals surface area contributed by atoms with E-state index in [4.69, 9.17) is 4.42 Å². The summed E-state index contributed by atoms with van der Waals surface area (Å²) < 4.78 is 7.40. The van der Waals surface area contributed by atoms with Crippen molar-refractivity contribution in [1.82, 2.24) is 19.4 Å². The first kappa shape index (κ1) is 13.8. The van der Waals surface area contributed by atoms with Crippen molar-refractivity contribution in [3.63, 3.8) is 0 Å². The number of fused-ring (bicyclic) bond motifs is 1. The minimum absolute atomic E-state index is 0.0603. The Morgan fingerprint density at radius 1 is 1.26 bits per heavy atom. The van der Waals surface area contributed by atoms with Crippen molar-refractivity contribution >= 4 is 5.91 Å². The van der Waals surface area contributed by atoms with Gasteiger partial charge in [-0.25, -0.2) is 9.97 Å². The zero-order valence-electron chi connectivity index (χ0n) is 12.7. The number of oxazole rings is 1. The predicted octanol–water partition coefficient (Wildman–Crippen LogP) is 2.58. The molecule has 0 saturated carbocycles. The number of hydrogen-bond acceptors (Lipinski definition) is 4. The average molecular weight is 308 g/mol. The Morgan fingerprint density at radius 3 is 2.83 bits per heavy atom. The van der Waals surface area contributed by atoms with Crippen LogP contribution in [0.5, 0.6) is 0 Å². The molecule has 6 nitrogen and oxygen atoms in total. The Hall–Kier alpha value is -2.89. The summed E-state index contributed by atoms with van der Waals surface area (Å²) in [5.41, 5.74) is 1.70. The van der Waals surface area contributed by atoms with Crippen LogP contribution in [0.4, 0.5) is 0 Å². The molecule has 2 aromatic heterocycles. The average Bonchev–Trinajstić information content (AvgIpc) is 3.22. The molecule has 0 radical (unpaired) electrons. The van der Waals surface area contributed by atoms with Gasteiger partial charge >= 0.3 is 0 Å². The van der Waals surface area contributed by atoms with Crippen LogP contribution in [0.1, 0.15) is 33.7 Å². The lowest BCUT2D eigenvalue weighted by molar-refractivity contribution is 0.0550.